The van der Waals surface area contributed by atoms with Crippen LogP contribution in [0.15, 0.2) is 109 Å². The summed E-state index contributed by atoms with van der Waals surface area (Å²) in [6.07, 6.45) is -0.825. The summed E-state index contributed by atoms with van der Waals surface area (Å²) in [5.41, 5.74) is 8.24. The summed E-state index contributed by atoms with van der Waals surface area (Å²) in [5, 5.41) is 7.42. The van der Waals surface area contributed by atoms with Gasteiger partial charge in [-0.3, -0.25) is 0 Å². The average Bonchev–Trinajstić information content (AvgIpc) is 2.85. The Balaban J connectivity index is 1.61. The van der Waals surface area contributed by atoms with Crippen molar-refractivity contribution in [3.05, 3.63) is 109 Å². The zero-order chi connectivity index (χ0) is 22.4. The van der Waals surface area contributed by atoms with E-state index in [0.717, 1.165) is 17.1 Å². The van der Waals surface area contributed by atoms with Gasteiger partial charge in [0.2, 0.25) is 0 Å². The van der Waals surface area contributed by atoms with Crippen LogP contribution in [0.4, 0.5) is 21.9 Å². The van der Waals surface area contributed by atoms with Gasteiger partial charge in [0, 0.05) is 16.8 Å². The molecule has 158 valence electrons. The standard InChI is InChI=1S/C29H20N2O2/c30-29(32)33-24-15-13-23(14-16-24)31(22-7-2-1-3-8-22)26-18-12-21-10-9-19-5-4-6-20-11-17-25(26)28(21)27(19)20/h1-18H,(H2,30,32). The van der Waals surface area contributed by atoms with Crippen molar-refractivity contribution >= 4 is 55.5 Å². The van der Waals surface area contributed by atoms with Gasteiger partial charge in [0.1, 0.15) is 5.75 Å². The first-order chi connectivity index (χ1) is 16.2. The first-order valence-electron chi connectivity index (χ1n) is 10.8. The number of nitrogens with zero attached hydrogens (tertiary/aromatic N) is 1. The molecule has 0 fully saturated rings. The molecule has 6 aromatic carbocycles. The van der Waals surface area contributed by atoms with E-state index in [0.29, 0.717) is 5.75 Å². The zero-order valence-corrected chi connectivity index (χ0v) is 17.7. The first kappa shape index (κ1) is 19.1. The summed E-state index contributed by atoms with van der Waals surface area (Å²) < 4.78 is 5.03. The van der Waals surface area contributed by atoms with E-state index >= 15 is 0 Å². The monoisotopic (exact) mass is 428 g/mol. The van der Waals surface area contributed by atoms with E-state index in [1.165, 1.54) is 32.3 Å². The molecule has 0 heterocycles. The van der Waals surface area contributed by atoms with E-state index in [1.807, 2.05) is 30.3 Å². The predicted molar refractivity (Wildman–Crippen MR) is 135 cm³/mol. The van der Waals surface area contributed by atoms with Crippen molar-refractivity contribution < 1.29 is 9.53 Å². The third-order valence-corrected chi connectivity index (χ3v) is 6.07. The molecule has 0 aliphatic rings. The van der Waals surface area contributed by atoms with Crippen LogP contribution in [0.1, 0.15) is 0 Å². The van der Waals surface area contributed by atoms with Gasteiger partial charge in [-0.1, -0.05) is 66.7 Å². The minimum Gasteiger partial charge on any atom is -0.411 e. The van der Waals surface area contributed by atoms with Crippen molar-refractivity contribution in [3.8, 4) is 5.75 Å². The largest absolute Gasteiger partial charge is 0.411 e. The van der Waals surface area contributed by atoms with Crippen LogP contribution in [0.3, 0.4) is 0 Å². The van der Waals surface area contributed by atoms with Crippen LogP contribution in [0.5, 0.6) is 5.75 Å². The first-order valence-corrected chi connectivity index (χ1v) is 10.8. The Hall–Kier alpha value is -4.57. The molecule has 0 saturated heterocycles. The molecule has 0 unspecified atom stereocenters. The lowest BCUT2D eigenvalue weighted by atomic mass is 9.93. The smallest absolute Gasteiger partial charge is 0.409 e. The summed E-state index contributed by atoms with van der Waals surface area (Å²) >= 11 is 0. The molecule has 4 nitrogen and oxygen atoms in total. The lowest BCUT2D eigenvalue weighted by molar-refractivity contribution is 0.211. The minimum absolute atomic E-state index is 0.412. The van der Waals surface area contributed by atoms with Gasteiger partial charge in [0.05, 0.1) is 5.69 Å². The Bertz CT molecular complexity index is 1590. The molecule has 0 aliphatic carbocycles. The van der Waals surface area contributed by atoms with Gasteiger partial charge in [0.15, 0.2) is 0 Å². The molecule has 0 atom stereocenters. The maximum Gasteiger partial charge on any atom is 0.409 e. The van der Waals surface area contributed by atoms with Crippen molar-refractivity contribution in [2.24, 2.45) is 5.73 Å². The fourth-order valence-corrected chi connectivity index (χ4v) is 4.70. The number of carbonyl (C=O) groups is 1. The lowest BCUT2D eigenvalue weighted by Gasteiger charge is -2.27. The second-order valence-corrected chi connectivity index (χ2v) is 8.03. The van der Waals surface area contributed by atoms with E-state index in [-0.39, 0.29) is 0 Å². The molecule has 0 aliphatic heterocycles. The number of rotatable bonds is 4. The molecule has 0 radical (unpaired) electrons. The fraction of sp³-hybridized carbons (Fsp3) is 0. The SMILES string of the molecule is NC(=O)Oc1ccc(N(c2ccccc2)c2ccc3ccc4cccc5ccc2c3c45)cc1. The summed E-state index contributed by atoms with van der Waals surface area (Å²) in [5.74, 6) is 0.412. The molecule has 0 aromatic heterocycles. The summed E-state index contributed by atoms with van der Waals surface area (Å²) in [6, 6.07) is 37.2. The number of anilines is 3. The molecular weight excluding hydrogens is 408 g/mol. The van der Waals surface area contributed by atoms with Crippen molar-refractivity contribution in [2.75, 3.05) is 4.90 Å². The molecule has 2 N–H and O–H groups in total. The third-order valence-electron chi connectivity index (χ3n) is 6.07. The number of ether oxygens (including phenoxy) is 1. The minimum atomic E-state index is -0.825. The van der Waals surface area contributed by atoms with E-state index in [4.69, 9.17) is 10.5 Å². The van der Waals surface area contributed by atoms with Crippen LogP contribution < -0.4 is 15.4 Å². The maximum absolute atomic E-state index is 11.1. The molecule has 4 heteroatoms. The van der Waals surface area contributed by atoms with Crippen LogP contribution in [0.2, 0.25) is 0 Å². The van der Waals surface area contributed by atoms with E-state index in [9.17, 15) is 4.79 Å². The highest BCUT2D eigenvalue weighted by Crippen LogP contribution is 2.43. The summed E-state index contributed by atoms with van der Waals surface area (Å²) in [4.78, 5) is 13.4. The molecule has 0 saturated carbocycles. The highest BCUT2D eigenvalue weighted by molar-refractivity contribution is 6.25. The van der Waals surface area contributed by atoms with Crippen LogP contribution in [0.25, 0.3) is 32.3 Å². The van der Waals surface area contributed by atoms with Crippen LogP contribution in [0, 0.1) is 0 Å². The quantitative estimate of drug-likeness (QED) is 0.296. The van der Waals surface area contributed by atoms with Crippen LogP contribution in [-0.4, -0.2) is 6.09 Å². The third kappa shape index (κ3) is 3.20. The Kier molecular flexibility index (Phi) is 4.37. The fourth-order valence-electron chi connectivity index (χ4n) is 4.70. The number of benzene rings is 6. The van der Waals surface area contributed by atoms with E-state index < -0.39 is 6.09 Å². The summed E-state index contributed by atoms with van der Waals surface area (Å²) in [7, 11) is 0. The lowest BCUT2D eigenvalue weighted by Crippen LogP contribution is -2.16. The number of primary amides is 1. The van der Waals surface area contributed by atoms with Gasteiger partial charge in [-0.05, 0) is 69.4 Å². The van der Waals surface area contributed by atoms with Gasteiger partial charge in [-0.2, -0.15) is 0 Å². The second kappa shape index (κ2) is 7.53. The topological polar surface area (TPSA) is 55.6 Å². The molecule has 1 amide bonds. The van der Waals surface area contributed by atoms with Crippen molar-refractivity contribution in [2.45, 2.75) is 0 Å². The average molecular weight is 428 g/mol. The Morgan fingerprint density at radius 3 is 1.91 bits per heavy atom. The number of carbonyl (C=O) groups excluding carboxylic acids is 1. The molecule has 33 heavy (non-hydrogen) atoms. The van der Waals surface area contributed by atoms with Gasteiger partial charge in [0.25, 0.3) is 0 Å². The van der Waals surface area contributed by atoms with Gasteiger partial charge >= 0.3 is 6.09 Å². The predicted octanol–water partition coefficient (Wildman–Crippen LogP) is 7.51. The molecule has 0 bridgehead atoms. The Morgan fingerprint density at radius 1 is 0.606 bits per heavy atom. The number of nitrogens with two attached hydrogens (primary N) is 1. The molecule has 0 spiro atoms. The number of amides is 1. The Labute approximate surface area is 190 Å². The van der Waals surface area contributed by atoms with E-state index in [2.05, 4.69) is 71.6 Å². The normalized spacial score (nSPS) is 11.3. The molecular formula is C29H20N2O2. The van der Waals surface area contributed by atoms with Crippen LogP contribution >= 0.6 is 0 Å². The van der Waals surface area contributed by atoms with Crippen LogP contribution in [-0.2, 0) is 0 Å². The highest BCUT2D eigenvalue weighted by atomic mass is 16.5. The summed E-state index contributed by atoms with van der Waals surface area (Å²) in [6.45, 7) is 0. The molecule has 6 rings (SSSR count). The maximum atomic E-state index is 11.1. The van der Waals surface area contributed by atoms with Crippen molar-refractivity contribution in [3.63, 3.8) is 0 Å². The highest BCUT2D eigenvalue weighted by Gasteiger charge is 2.18. The second-order valence-electron chi connectivity index (χ2n) is 8.03. The zero-order valence-electron chi connectivity index (χ0n) is 17.7. The van der Waals surface area contributed by atoms with E-state index in [1.54, 1.807) is 12.1 Å². The van der Waals surface area contributed by atoms with Gasteiger partial charge in [-0.15, -0.1) is 0 Å². The number of hydrogen-bond acceptors (Lipinski definition) is 3. The Morgan fingerprint density at radius 2 is 1.21 bits per heavy atom. The van der Waals surface area contributed by atoms with Crippen molar-refractivity contribution in [1.29, 1.82) is 0 Å². The van der Waals surface area contributed by atoms with Gasteiger partial charge in [-0.25, -0.2) is 4.79 Å². The number of hydrogen-bond donors (Lipinski definition) is 1. The van der Waals surface area contributed by atoms with Gasteiger partial charge < -0.3 is 15.4 Å². The van der Waals surface area contributed by atoms with Crippen molar-refractivity contribution in [1.82, 2.24) is 0 Å². The number of para-hydroxylation sites is 1. The molecule has 6 aromatic rings.